The van der Waals surface area contributed by atoms with Crippen molar-refractivity contribution in [2.75, 3.05) is 46.1 Å². The normalized spacial score (nSPS) is 11.4. The van der Waals surface area contributed by atoms with Crippen LogP contribution in [0.15, 0.2) is 0 Å². The van der Waals surface area contributed by atoms with Gasteiger partial charge in [-0.2, -0.15) is 0 Å². The predicted molar refractivity (Wildman–Crippen MR) is 132 cm³/mol. The van der Waals surface area contributed by atoms with Crippen molar-refractivity contribution < 1.29 is 24.1 Å². The molecule has 0 atom stereocenters. The lowest BCUT2D eigenvalue weighted by molar-refractivity contribution is -0.156. The van der Waals surface area contributed by atoms with Gasteiger partial charge in [-0.25, -0.2) is 0 Å². The number of rotatable bonds is 26. The fraction of sp³-hybridized carbons (Fsp3) is 0.962. The van der Waals surface area contributed by atoms with Gasteiger partial charge < -0.3 is 24.6 Å². The van der Waals surface area contributed by atoms with Crippen LogP contribution >= 0.6 is 0 Å². The molecule has 0 aromatic rings. The van der Waals surface area contributed by atoms with E-state index < -0.39 is 0 Å². The highest BCUT2D eigenvalue weighted by molar-refractivity contribution is 5.69. The van der Waals surface area contributed by atoms with Gasteiger partial charge >= 0.3 is 5.97 Å². The minimum atomic E-state index is -0.301. The molecule has 0 aromatic carbocycles. The maximum Gasteiger partial charge on any atom is 0.306 e. The van der Waals surface area contributed by atoms with Gasteiger partial charge in [-0.1, -0.05) is 71.6 Å². The standard InChI is InChI=1S/C26H53NO5/c1-3-5-7-14-21-30-23-25(24-31-22-15-8-6-4-2)32-26(29)17-12-10-9-11-13-18-27-19-16-20-28/h25,27-28H,3-24H2,1-2H3. The number of nitrogens with one attached hydrogen (secondary N) is 1. The van der Waals surface area contributed by atoms with Crippen LogP contribution in [0.4, 0.5) is 0 Å². The zero-order valence-electron chi connectivity index (χ0n) is 21.2. The summed E-state index contributed by atoms with van der Waals surface area (Å²) in [5.41, 5.74) is 0. The first-order valence-corrected chi connectivity index (χ1v) is 13.4. The van der Waals surface area contributed by atoms with Gasteiger partial charge in [0.25, 0.3) is 0 Å². The Balaban J connectivity index is 3.91. The number of unbranched alkanes of at least 4 members (excludes halogenated alkanes) is 10. The molecule has 0 radical (unpaired) electrons. The molecule has 6 nitrogen and oxygen atoms in total. The van der Waals surface area contributed by atoms with Gasteiger partial charge in [0.1, 0.15) is 6.10 Å². The number of hydrogen-bond donors (Lipinski definition) is 2. The number of aliphatic hydroxyl groups is 1. The summed E-state index contributed by atoms with van der Waals surface area (Å²) in [6.07, 6.45) is 15.8. The second-order valence-electron chi connectivity index (χ2n) is 8.73. The summed E-state index contributed by atoms with van der Waals surface area (Å²) in [4.78, 5) is 12.3. The molecule has 0 fully saturated rings. The Morgan fingerprint density at radius 2 is 1.25 bits per heavy atom. The molecule has 192 valence electrons. The summed E-state index contributed by atoms with van der Waals surface area (Å²) in [6.45, 7) is 8.83. The number of hydrogen-bond acceptors (Lipinski definition) is 6. The lowest BCUT2D eigenvalue weighted by Crippen LogP contribution is -2.29. The molecule has 32 heavy (non-hydrogen) atoms. The maximum atomic E-state index is 12.3. The van der Waals surface area contributed by atoms with Crippen molar-refractivity contribution in [2.45, 2.75) is 116 Å². The smallest absolute Gasteiger partial charge is 0.306 e. The molecular formula is C26H53NO5. The first-order chi connectivity index (χ1) is 15.7. The molecule has 2 N–H and O–H groups in total. The summed E-state index contributed by atoms with van der Waals surface area (Å²) >= 11 is 0. The minimum Gasteiger partial charge on any atom is -0.457 e. The highest BCUT2D eigenvalue weighted by Crippen LogP contribution is 2.08. The Kier molecular flexibility index (Phi) is 26.0. The van der Waals surface area contributed by atoms with E-state index >= 15 is 0 Å². The van der Waals surface area contributed by atoms with Gasteiger partial charge in [0.2, 0.25) is 0 Å². The van der Waals surface area contributed by atoms with E-state index in [0.717, 1.165) is 71.2 Å². The molecule has 0 aliphatic carbocycles. The van der Waals surface area contributed by atoms with Crippen LogP contribution in [-0.2, 0) is 19.0 Å². The zero-order valence-corrected chi connectivity index (χ0v) is 21.2. The van der Waals surface area contributed by atoms with Crippen LogP contribution in [0.3, 0.4) is 0 Å². The molecule has 0 aliphatic rings. The Morgan fingerprint density at radius 3 is 1.84 bits per heavy atom. The number of carbonyl (C=O) groups is 1. The summed E-state index contributed by atoms with van der Waals surface area (Å²) in [5, 5.41) is 12.1. The van der Waals surface area contributed by atoms with Crippen molar-refractivity contribution in [2.24, 2.45) is 0 Å². The Labute approximate surface area is 198 Å². The highest BCUT2D eigenvalue weighted by Gasteiger charge is 2.15. The van der Waals surface area contributed by atoms with Crippen LogP contribution in [0.2, 0.25) is 0 Å². The zero-order chi connectivity index (χ0) is 23.5. The number of carbonyl (C=O) groups excluding carboxylic acids is 1. The van der Waals surface area contributed by atoms with Crippen molar-refractivity contribution >= 4 is 5.97 Å². The lowest BCUT2D eigenvalue weighted by atomic mass is 10.1. The van der Waals surface area contributed by atoms with E-state index in [1.165, 1.54) is 44.9 Å². The largest absolute Gasteiger partial charge is 0.457 e. The molecule has 0 aromatic heterocycles. The number of esters is 1. The van der Waals surface area contributed by atoms with E-state index in [1.54, 1.807) is 0 Å². The van der Waals surface area contributed by atoms with Crippen LogP contribution in [0.1, 0.15) is 110 Å². The third kappa shape index (κ3) is 24.0. The fourth-order valence-corrected chi connectivity index (χ4v) is 3.43. The molecule has 0 unspecified atom stereocenters. The van der Waals surface area contributed by atoms with Crippen molar-refractivity contribution in [1.29, 1.82) is 0 Å². The highest BCUT2D eigenvalue weighted by atomic mass is 16.6. The van der Waals surface area contributed by atoms with Crippen LogP contribution in [-0.4, -0.2) is 63.3 Å². The van der Waals surface area contributed by atoms with Crippen LogP contribution in [0.25, 0.3) is 0 Å². The monoisotopic (exact) mass is 459 g/mol. The number of ether oxygens (including phenoxy) is 3. The summed E-state index contributed by atoms with van der Waals surface area (Å²) in [7, 11) is 0. The van der Waals surface area contributed by atoms with Gasteiger partial charge in [-0.05, 0) is 45.2 Å². The average molecular weight is 460 g/mol. The van der Waals surface area contributed by atoms with Gasteiger partial charge in [0, 0.05) is 26.2 Å². The van der Waals surface area contributed by atoms with E-state index in [0.29, 0.717) is 19.6 Å². The van der Waals surface area contributed by atoms with E-state index in [-0.39, 0.29) is 18.7 Å². The summed E-state index contributed by atoms with van der Waals surface area (Å²) < 4.78 is 17.2. The number of aliphatic hydroxyl groups excluding tert-OH is 1. The van der Waals surface area contributed by atoms with E-state index in [4.69, 9.17) is 19.3 Å². The van der Waals surface area contributed by atoms with Gasteiger partial charge in [0.15, 0.2) is 0 Å². The first kappa shape index (κ1) is 31.3. The van der Waals surface area contributed by atoms with E-state index in [1.807, 2.05) is 0 Å². The van der Waals surface area contributed by atoms with Crippen molar-refractivity contribution in [1.82, 2.24) is 5.32 Å². The maximum absolute atomic E-state index is 12.3. The third-order valence-electron chi connectivity index (χ3n) is 5.44. The second kappa shape index (κ2) is 26.6. The minimum absolute atomic E-state index is 0.134. The molecule has 0 amide bonds. The molecule has 6 heteroatoms. The first-order valence-electron chi connectivity index (χ1n) is 13.4. The van der Waals surface area contributed by atoms with Gasteiger partial charge in [-0.3, -0.25) is 4.79 Å². The third-order valence-corrected chi connectivity index (χ3v) is 5.44. The quantitative estimate of drug-likeness (QED) is 0.133. The summed E-state index contributed by atoms with van der Waals surface area (Å²) in [5.74, 6) is -0.134. The molecule has 0 spiro atoms. The van der Waals surface area contributed by atoms with Crippen LogP contribution in [0, 0.1) is 0 Å². The van der Waals surface area contributed by atoms with Crippen LogP contribution in [0.5, 0.6) is 0 Å². The Bertz CT molecular complexity index is 365. The second-order valence-corrected chi connectivity index (χ2v) is 8.73. The average Bonchev–Trinajstić information content (AvgIpc) is 2.79. The van der Waals surface area contributed by atoms with Gasteiger partial charge in [0.05, 0.1) is 13.2 Å². The fourth-order valence-electron chi connectivity index (χ4n) is 3.43. The topological polar surface area (TPSA) is 77.0 Å². The van der Waals surface area contributed by atoms with E-state index in [2.05, 4.69) is 19.2 Å². The molecular weight excluding hydrogens is 406 g/mol. The van der Waals surface area contributed by atoms with Crippen molar-refractivity contribution in [3.63, 3.8) is 0 Å². The Morgan fingerprint density at radius 1 is 0.719 bits per heavy atom. The van der Waals surface area contributed by atoms with Crippen molar-refractivity contribution in [3.05, 3.63) is 0 Å². The molecule has 0 saturated carbocycles. The van der Waals surface area contributed by atoms with Crippen molar-refractivity contribution in [3.8, 4) is 0 Å². The molecule has 0 heterocycles. The molecule has 0 rings (SSSR count). The Hall–Kier alpha value is -0.690. The van der Waals surface area contributed by atoms with Crippen LogP contribution < -0.4 is 5.32 Å². The predicted octanol–water partition coefficient (Wildman–Crippen LogP) is 5.40. The van der Waals surface area contributed by atoms with Gasteiger partial charge in [-0.15, -0.1) is 0 Å². The molecule has 0 saturated heterocycles. The van der Waals surface area contributed by atoms with E-state index in [9.17, 15) is 4.79 Å². The molecule has 0 aliphatic heterocycles. The summed E-state index contributed by atoms with van der Waals surface area (Å²) in [6, 6.07) is 0. The molecule has 0 bridgehead atoms. The lowest BCUT2D eigenvalue weighted by Gasteiger charge is -2.18. The SMILES string of the molecule is CCCCCCOCC(COCCCCCC)OC(=O)CCCCCCCNCCCO.